The van der Waals surface area contributed by atoms with Gasteiger partial charge in [-0.1, -0.05) is 0 Å². The molecule has 1 atom stereocenters. The third-order valence-corrected chi connectivity index (χ3v) is 3.27. The Bertz CT molecular complexity index is 312. The molecule has 1 aromatic rings. The normalized spacial score (nSPS) is 12.5. The zero-order valence-electron chi connectivity index (χ0n) is 7.65. The van der Waals surface area contributed by atoms with E-state index in [-0.39, 0.29) is 0 Å². The van der Waals surface area contributed by atoms with Crippen molar-refractivity contribution in [1.29, 1.82) is 0 Å². The second-order valence-electron chi connectivity index (χ2n) is 2.97. The van der Waals surface area contributed by atoms with Crippen molar-refractivity contribution in [3.05, 3.63) is 29.8 Å². The van der Waals surface area contributed by atoms with Crippen LogP contribution in [-0.4, -0.2) is 41.5 Å². The number of thioether (sulfide) groups is 1. The molecule has 0 amide bonds. The summed E-state index contributed by atoms with van der Waals surface area (Å²) >= 11 is 2.70. The number of hydrogen-bond acceptors (Lipinski definition) is 2. The molecule has 0 radical (unpaired) electrons. The van der Waals surface area contributed by atoms with Crippen LogP contribution in [0.1, 0.15) is 17.3 Å². The molecule has 2 nitrogen and oxygen atoms in total. The van der Waals surface area contributed by atoms with Gasteiger partial charge in [-0.05, 0) is 0 Å². The van der Waals surface area contributed by atoms with Crippen LogP contribution in [0.3, 0.4) is 0 Å². The monoisotopic (exact) mass is 204 g/mol. The summed E-state index contributed by atoms with van der Waals surface area (Å²) in [5, 5.41) is 8.88. The minimum atomic E-state index is -0.842. The molecule has 0 saturated carbocycles. The molecule has 0 aliphatic rings. The summed E-state index contributed by atoms with van der Waals surface area (Å²) in [6, 6.07) is 7.14. The summed E-state index contributed by atoms with van der Waals surface area (Å²) < 4.78 is 0.542. The zero-order valence-corrected chi connectivity index (χ0v) is 10.5. The van der Waals surface area contributed by atoms with Crippen molar-refractivity contribution >= 4 is 45.7 Å². The van der Waals surface area contributed by atoms with Crippen molar-refractivity contribution < 1.29 is 9.90 Å². The predicted octanol–water partition coefficient (Wildman–Crippen LogP) is 1.99. The number of carboxylic acids is 1. The Hall–Kier alpha value is 0.0400. The van der Waals surface area contributed by atoms with Gasteiger partial charge in [0.15, 0.2) is 0 Å². The Morgan fingerprint density at radius 2 is 2.15 bits per heavy atom. The summed E-state index contributed by atoms with van der Waals surface area (Å²) in [5.41, 5.74) is 0.412. The Balaban J connectivity index is 2.98. The van der Waals surface area contributed by atoms with E-state index in [0.717, 1.165) is 32.8 Å². The second kappa shape index (κ2) is 5.05. The molecule has 1 unspecified atom stereocenters. The van der Waals surface area contributed by atoms with Gasteiger partial charge >= 0.3 is 99.7 Å². The van der Waals surface area contributed by atoms with Crippen molar-refractivity contribution in [2.75, 3.05) is 0 Å². The van der Waals surface area contributed by atoms with Crippen LogP contribution < -0.4 is 0 Å². The average Bonchev–Trinajstić information content (AvgIpc) is 2.03. The Morgan fingerprint density at radius 1 is 1.54 bits per heavy atom. The first-order chi connectivity index (χ1) is 6.11. The summed E-state index contributed by atoms with van der Waals surface area (Å²) in [5.74, 6) is -0.842. The topological polar surface area (TPSA) is 37.3 Å². The van der Waals surface area contributed by atoms with Gasteiger partial charge in [-0.15, -0.1) is 0 Å². The molecule has 13 heavy (non-hydrogen) atoms. The van der Waals surface area contributed by atoms with E-state index in [4.69, 9.17) is 5.11 Å². The maximum atomic E-state index is 10.8. The first kappa shape index (κ1) is 11.1. The van der Waals surface area contributed by atoms with E-state index in [9.17, 15) is 4.79 Å². The van der Waals surface area contributed by atoms with Gasteiger partial charge in [0.1, 0.15) is 0 Å². The fourth-order valence-corrected chi connectivity index (χ4v) is 2.71. The van der Waals surface area contributed by atoms with E-state index >= 15 is 0 Å². The van der Waals surface area contributed by atoms with Crippen LogP contribution in [-0.2, 0) is 0 Å². The molecule has 0 spiro atoms. The molecular weight excluding hydrogens is 195 g/mol. The number of rotatable bonds is 3. The molecule has 0 saturated heterocycles. The summed E-state index contributed by atoms with van der Waals surface area (Å²) in [6.07, 6.45) is 0. The van der Waals surface area contributed by atoms with Crippen molar-refractivity contribution in [3.8, 4) is 0 Å². The molecule has 4 heteroatoms. The van der Waals surface area contributed by atoms with Crippen LogP contribution in [0.5, 0.6) is 0 Å². The van der Waals surface area contributed by atoms with Gasteiger partial charge in [0.05, 0.1) is 0 Å². The molecule has 0 bridgehead atoms. The zero-order chi connectivity index (χ0) is 9.84. The number of carboxylic acid groups (broad SMARTS) is 1. The summed E-state index contributed by atoms with van der Waals surface area (Å²) in [7, 11) is 0. The molecular formula is C9H9NaO2S. The molecule has 0 aliphatic carbocycles. The van der Waals surface area contributed by atoms with Gasteiger partial charge in [-0.25, -0.2) is 0 Å². The van der Waals surface area contributed by atoms with Gasteiger partial charge in [0, 0.05) is 0 Å². The van der Waals surface area contributed by atoms with Gasteiger partial charge in [0.25, 0.3) is 0 Å². The van der Waals surface area contributed by atoms with Crippen LogP contribution in [0, 0.1) is 0 Å². The van der Waals surface area contributed by atoms with Gasteiger partial charge in [-0.2, -0.15) is 0 Å². The molecule has 0 fully saturated rings. The summed E-state index contributed by atoms with van der Waals surface area (Å²) in [6.45, 7) is 2.11. The molecule has 0 aromatic heterocycles. The fourth-order valence-electron chi connectivity index (χ4n) is 1.00. The first-order valence-corrected chi connectivity index (χ1v) is 6.13. The summed E-state index contributed by atoms with van der Waals surface area (Å²) in [4.78, 5) is 11.7. The Kier molecular flexibility index (Phi) is 4.32. The Labute approximate surface area is 99.1 Å². The molecule has 1 rings (SSSR count). The van der Waals surface area contributed by atoms with Crippen molar-refractivity contribution in [2.45, 2.75) is 14.3 Å². The second-order valence-corrected chi connectivity index (χ2v) is 7.16. The van der Waals surface area contributed by atoms with E-state index < -0.39 is 5.97 Å². The van der Waals surface area contributed by atoms with Crippen molar-refractivity contribution in [3.63, 3.8) is 0 Å². The van der Waals surface area contributed by atoms with E-state index in [1.54, 1.807) is 23.9 Å². The van der Waals surface area contributed by atoms with Crippen molar-refractivity contribution in [1.82, 2.24) is 0 Å². The molecule has 64 valence electrons. The molecule has 0 heterocycles. The number of aromatic carboxylic acids is 1. The van der Waals surface area contributed by atoms with Crippen LogP contribution in [0.25, 0.3) is 0 Å². The standard InChI is InChI=1S/C9H9O2S.Na/c1-2-12-8-6-4-3-5-7(8)9(10)11;/h2-6H,1H3,(H,10,11);. The predicted molar refractivity (Wildman–Crippen MR) is 54.5 cm³/mol. The van der Waals surface area contributed by atoms with Gasteiger partial charge < -0.3 is 0 Å². The van der Waals surface area contributed by atoms with Gasteiger partial charge in [0.2, 0.25) is 0 Å². The quantitative estimate of drug-likeness (QED) is 0.604. The van der Waals surface area contributed by atoms with E-state index in [0.29, 0.717) is 8.06 Å². The minimum absolute atomic E-state index is 0.412. The van der Waals surface area contributed by atoms with E-state index in [1.807, 2.05) is 12.1 Å². The molecule has 0 aliphatic heterocycles. The average molecular weight is 204 g/mol. The van der Waals surface area contributed by atoms with Crippen molar-refractivity contribution in [2.24, 2.45) is 0 Å². The number of benzene rings is 1. The van der Waals surface area contributed by atoms with Crippen LogP contribution in [0.4, 0.5) is 0 Å². The van der Waals surface area contributed by atoms with E-state index in [1.165, 1.54) is 0 Å². The Morgan fingerprint density at radius 3 is 2.69 bits per heavy atom. The van der Waals surface area contributed by atoms with Gasteiger partial charge in [-0.3, -0.25) is 0 Å². The number of hydrogen-bond donors (Lipinski definition) is 1. The van der Waals surface area contributed by atoms with E-state index in [2.05, 4.69) is 6.92 Å². The first-order valence-electron chi connectivity index (χ1n) is 4.10. The number of carbonyl (C=O) groups is 1. The third kappa shape index (κ3) is 3.35. The fraction of sp³-hybridized carbons (Fsp3) is 0.222. The molecule has 1 N–H and O–H groups in total. The molecule has 1 aromatic carbocycles. The third-order valence-electron chi connectivity index (χ3n) is 1.48. The van der Waals surface area contributed by atoms with Crippen LogP contribution >= 0.6 is 11.8 Å². The van der Waals surface area contributed by atoms with Crippen LogP contribution in [0.2, 0.25) is 0 Å². The van der Waals surface area contributed by atoms with Crippen LogP contribution in [0.15, 0.2) is 29.2 Å². The maximum absolute atomic E-state index is 10.8. The SMILES string of the molecule is C[CH]([Na])Sc1ccccc1C(=O)O.